The van der Waals surface area contributed by atoms with Gasteiger partial charge >= 0.3 is 15.2 Å². The Balaban J connectivity index is 0.545. The van der Waals surface area contributed by atoms with E-state index in [2.05, 4.69) is 29.1 Å². The highest BCUT2D eigenvalue weighted by Crippen LogP contribution is 2.41. The van der Waals surface area contributed by atoms with E-state index in [1.807, 2.05) is 277 Å². The zero-order chi connectivity index (χ0) is 80.9. The highest BCUT2D eigenvalue weighted by atomic mass is 31.2. The first kappa shape index (κ1) is 77.8. The molecule has 22 heteroatoms. The van der Waals surface area contributed by atoms with Crippen LogP contribution in [-0.2, 0) is 47.6 Å². The van der Waals surface area contributed by atoms with Crippen LogP contribution in [0.4, 0.5) is 26.3 Å². The van der Waals surface area contributed by atoms with Crippen LogP contribution in [0.3, 0.4) is 0 Å². The summed E-state index contributed by atoms with van der Waals surface area (Å²) in [6.45, 7) is 2.66. The first-order chi connectivity index (χ1) is 56.5. The molecule has 0 aliphatic rings. The Labute approximate surface area is 670 Å². The average molecular weight is 1600 g/mol. The maximum Gasteiger partial charge on any atom is 0.329 e. The third-order valence-electron chi connectivity index (χ3n) is 20.4. The van der Waals surface area contributed by atoms with Crippen LogP contribution in [0.1, 0.15) is 28.7 Å². The normalized spacial score (nSPS) is 11.6. The minimum absolute atomic E-state index is 0.236. The molecule has 0 aliphatic carbocycles. The first-order valence-corrected chi connectivity index (χ1v) is 41.1. The third-order valence-corrected chi connectivity index (χ3v) is 21.9. The summed E-state index contributed by atoms with van der Waals surface area (Å²) in [5, 5.41) is 0. The predicted molar refractivity (Wildman–Crippen MR) is 437 cm³/mol. The molecule has 0 radical (unpaired) electrons. The fourth-order valence-corrected chi connectivity index (χ4v) is 15.6. The van der Waals surface area contributed by atoms with Gasteiger partial charge in [0.15, 0.2) is 87.4 Å². The van der Waals surface area contributed by atoms with Gasteiger partial charge in [0.2, 0.25) is 0 Å². The Morgan fingerprint density at radius 3 is 0.667 bits per heavy atom. The summed E-state index contributed by atoms with van der Waals surface area (Å²) in [6.07, 6.45) is 16.3. The van der Waals surface area contributed by atoms with Crippen molar-refractivity contribution >= 4 is 15.2 Å². The Kier molecular flexibility index (Phi) is 22.4. The number of aromatic nitrogens is 8. The van der Waals surface area contributed by atoms with E-state index in [1.54, 1.807) is 36.4 Å². The smallest absolute Gasteiger partial charge is 0.324 e. The van der Waals surface area contributed by atoms with Gasteiger partial charge in [-0.1, -0.05) is 194 Å². The average Bonchev–Trinajstić information content (AvgIpc) is 0.783. The van der Waals surface area contributed by atoms with Crippen molar-refractivity contribution < 1.29 is 73.3 Å². The second-order valence-corrected chi connectivity index (χ2v) is 32.0. The van der Waals surface area contributed by atoms with Gasteiger partial charge in [0, 0.05) is 106 Å². The summed E-state index contributed by atoms with van der Waals surface area (Å²) in [5.74, 6) is -7.11. The van der Waals surface area contributed by atoms with Crippen molar-refractivity contribution in [1.82, 2.24) is 19.9 Å². The first-order valence-electron chi connectivity index (χ1n) is 37.5. The molecule has 0 aliphatic heterocycles. The molecule has 4 N–H and O–H groups in total. The monoisotopic (exact) mass is 1600 g/mol. The summed E-state index contributed by atoms with van der Waals surface area (Å²) >= 11 is 0. The molecule has 6 aromatic heterocycles. The molecular formula is C95H72F6N8O6P2+4. The van der Waals surface area contributed by atoms with Crippen LogP contribution >= 0.6 is 15.2 Å². The molecule has 6 heterocycles. The van der Waals surface area contributed by atoms with Gasteiger partial charge in [0.05, 0.1) is 52.6 Å². The Bertz CT molecular complexity index is 5960. The summed E-state index contributed by atoms with van der Waals surface area (Å²) in [5.41, 5.74) is 18.0. The predicted octanol–water partition coefficient (Wildman–Crippen LogP) is 19.8. The fourth-order valence-electron chi connectivity index (χ4n) is 14.2. The van der Waals surface area contributed by atoms with E-state index in [0.717, 1.165) is 97.4 Å². The fraction of sp³-hybridized carbons (Fsp3) is 0.0737. The van der Waals surface area contributed by atoms with E-state index in [9.17, 15) is 37.5 Å². The number of hydrogen-bond acceptors (Lipinski definition) is 6. The maximum absolute atomic E-state index is 15.5. The second-order valence-electron chi connectivity index (χ2n) is 28.7. The topological polar surface area (TPSA) is 182 Å². The quantitative estimate of drug-likeness (QED) is 0.0258. The molecule has 0 amide bonds. The number of halogens is 6. The van der Waals surface area contributed by atoms with Crippen LogP contribution < -0.4 is 18.3 Å². The number of pyridine rings is 4. The van der Waals surface area contributed by atoms with Crippen LogP contribution in [-0.4, -0.2) is 39.5 Å². The lowest BCUT2D eigenvalue weighted by atomic mass is 9.99. The number of hydrogen-bond donors (Lipinski definition) is 4. The maximum atomic E-state index is 15.5. The van der Waals surface area contributed by atoms with Crippen molar-refractivity contribution in [3.63, 3.8) is 0 Å². The molecular weight excluding hydrogens is 1530 g/mol. The highest BCUT2D eigenvalue weighted by Gasteiger charge is 2.24. The van der Waals surface area contributed by atoms with Gasteiger partial charge in [-0.2, -0.15) is 0 Å². The molecule has 0 saturated carbocycles. The molecule has 16 rings (SSSR count). The minimum atomic E-state index is -4.15. The van der Waals surface area contributed by atoms with Crippen LogP contribution in [0.15, 0.2) is 329 Å². The van der Waals surface area contributed by atoms with Gasteiger partial charge in [0.25, 0.3) is 0 Å². The molecule has 576 valence electrons. The van der Waals surface area contributed by atoms with Gasteiger partial charge in [-0.25, -0.2) is 64.5 Å². The molecule has 0 saturated heterocycles. The largest absolute Gasteiger partial charge is 0.329 e. The SMILES string of the molecule is O=P(O)(O)Cc1ccc(C[n+]2ccc(-c3ccc(-c4ccc(-c5cc(-c6ccc(-c7cc[n+](CCC[n+]8ccc(-c9ccc(-c%10cc(-c%11ccc(-c%12ccc(-c%13cc[n+](Cc%14ccc(CP(=O)(O)O)cc%14)cc%13)cc%12)cc%11)nc(-c%11c(F)cc(F)cc%11F)n%10)cc9)cc8)cc7)cc6)nc(-c6c(F)cc(F)cc6F)n5)cc4)cc3)cc2)cc1. The number of benzene rings is 10. The second kappa shape index (κ2) is 33.7. The van der Waals surface area contributed by atoms with E-state index in [-0.39, 0.29) is 24.0 Å². The zero-order valence-corrected chi connectivity index (χ0v) is 64.3. The number of rotatable bonds is 24. The highest BCUT2D eigenvalue weighted by molar-refractivity contribution is 7.51. The third kappa shape index (κ3) is 19.0. The van der Waals surface area contributed by atoms with E-state index in [0.29, 0.717) is 93.5 Å². The Morgan fingerprint density at radius 1 is 0.248 bits per heavy atom. The van der Waals surface area contributed by atoms with E-state index in [1.165, 1.54) is 0 Å². The standard InChI is InChI=1S/C95H68F6N8O6P2/c96-82-52-84(98)92(85(99)53-82)94-102-88(78-26-18-68(19-27-78)66-10-14-70(15-11-66)76-38-48-108(49-39-76)58-62-2-6-64(7-3-62)60-116(110,111)112)56-90(104-94)80-30-22-72(23-31-80)74-34-44-106(45-35-74)42-1-43-107-46-36-75(37-47-107)73-24-32-81(33-25-73)91-57-89(103-95(105-91)93-86(100)54-83(97)55-87(93)101)79-28-20-69(21-29-79)67-12-16-71(17-13-67)77-40-50-109(51-41-77)59-63-4-8-65(9-5-63)61-117(113,114)115/h2-41,44-57H,1,42-43,58-61H2/p+4. The lowest BCUT2D eigenvalue weighted by molar-refractivity contribution is -0.726. The van der Waals surface area contributed by atoms with E-state index in [4.69, 9.17) is 0 Å². The molecule has 16 aromatic rings. The molecule has 0 atom stereocenters. The zero-order valence-electron chi connectivity index (χ0n) is 62.5. The summed E-state index contributed by atoms with van der Waals surface area (Å²) < 4.78 is 122. The molecule has 14 nitrogen and oxygen atoms in total. The van der Waals surface area contributed by atoms with Crippen molar-refractivity contribution in [2.24, 2.45) is 0 Å². The number of nitrogens with zero attached hydrogens (tertiary/aromatic N) is 8. The summed E-state index contributed by atoms with van der Waals surface area (Å²) in [4.78, 5) is 55.9. The molecule has 117 heavy (non-hydrogen) atoms. The Hall–Kier alpha value is -13.2. The van der Waals surface area contributed by atoms with Crippen molar-refractivity contribution in [2.75, 3.05) is 0 Å². The van der Waals surface area contributed by atoms with Gasteiger partial charge in [-0.15, -0.1) is 0 Å². The van der Waals surface area contributed by atoms with Crippen LogP contribution in [0.25, 0.3) is 135 Å². The Morgan fingerprint density at radius 2 is 0.444 bits per heavy atom. The van der Waals surface area contributed by atoms with Crippen LogP contribution in [0.2, 0.25) is 0 Å². The van der Waals surface area contributed by atoms with Crippen molar-refractivity contribution in [1.29, 1.82) is 0 Å². The van der Waals surface area contributed by atoms with E-state index >= 15 is 17.6 Å². The summed E-state index contributed by atoms with van der Waals surface area (Å²) in [6, 6.07) is 83.7. The molecule has 0 spiro atoms. The van der Waals surface area contributed by atoms with Crippen molar-refractivity contribution in [3.8, 4) is 135 Å². The van der Waals surface area contributed by atoms with Crippen molar-refractivity contribution in [3.05, 3.63) is 386 Å². The lowest BCUT2D eigenvalue weighted by Gasteiger charge is -2.12. The molecule has 0 bridgehead atoms. The van der Waals surface area contributed by atoms with Crippen LogP contribution in [0.5, 0.6) is 0 Å². The molecule has 0 fully saturated rings. The van der Waals surface area contributed by atoms with Gasteiger partial charge in [0.1, 0.15) is 34.9 Å². The summed E-state index contributed by atoms with van der Waals surface area (Å²) in [7, 11) is -8.30. The molecule has 0 unspecified atom stereocenters. The van der Waals surface area contributed by atoms with E-state index < -0.39 is 61.2 Å². The lowest BCUT2D eigenvalue weighted by Crippen LogP contribution is -2.38. The molecule has 10 aromatic carbocycles. The van der Waals surface area contributed by atoms with Gasteiger partial charge in [-0.05, 0) is 90.0 Å². The van der Waals surface area contributed by atoms with Crippen LogP contribution in [0, 0.1) is 34.9 Å². The van der Waals surface area contributed by atoms with Gasteiger partial charge in [-0.3, -0.25) is 9.13 Å². The minimum Gasteiger partial charge on any atom is -0.324 e. The van der Waals surface area contributed by atoms with Crippen molar-refractivity contribution in [2.45, 2.75) is 44.9 Å². The number of aryl methyl sites for hydroxylation is 2. The van der Waals surface area contributed by atoms with Gasteiger partial charge < -0.3 is 19.6 Å².